The van der Waals surface area contributed by atoms with Crippen LogP contribution >= 0.6 is 0 Å². The van der Waals surface area contributed by atoms with E-state index in [0.717, 1.165) is 67.1 Å². The molecule has 11 rings (SSSR count). The Labute approximate surface area is 324 Å². The topological polar surface area (TPSA) is 35.6 Å². The van der Waals surface area contributed by atoms with Crippen molar-refractivity contribution < 1.29 is 0 Å². The number of aromatic nitrogens is 4. The van der Waals surface area contributed by atoms with Gasteiger partial charge in [0, 0.05) is 55.8 Å². The molecule has 4 aromatic heterocycles. The maximum absolute atomic E-state index is 5.18. The van der Waals surface area contributed by atoms with Crippen LogP contribution in [0.5, 0.6) is 0 Å². The molecule has 4 nitrogen and oxygen atoms in total. The number of pyridine rings is 2. The van der Waals surface area contributed by atoms with Gasteiger partial charge in [0.05, 0.1) is 27.9 Å². The zero-order valence-corrected chi connectivity index (χ0v) is 30.4. The summed E-state index contributed by atoms with van der Waals surface area (Å²) in [6, 6.07) is 71.0. The molecule has 0 spiro atoms. The third-order valence-corrected chi connectivity index (χ3v) is 11.0. The number of fused-ring (bicyclic) bond motifs is 6. The fourth-order valence-corrected chi connectivity index (χ4v) is 8.29. The fraction of sp³-hybridized carbons (Fsp3) is 0. The van der Waals surface area contributed by atoms with E-state index >= 15 is 0 Å². The first kappa shape index (κ1) is 31.9. The van der Waals surface area contributed by atoms with Crippen LogP contribution in [0.15, 0.2) is 206 Å². The summed E-state index contributed by atoms with van der Waals surface area (Å²) in [5.74, 6) is 0. The van der Waals surface area contributed by atoms with Crippen LogP contribution in [-0.2, 0) is 0 Å². The molecular weight excluding hydrogens is 681 g/mol. The van der Waals surface area contributed by atoms with E-state index in [-0.39, 0.29) is 0 Å². The SMILES string of the molecule is c1ccc(-c2cc(-c3ccccc3)nc(-c3ccc(-n4c5ccccc5c5cc(-c6ccc7c(c6)c6ccccc6n7-c6ccccc6)cnc54)cc3)c2)cc1. The predicted molar refractivity (Wildman–Crippen MR) is 232 cm³/mol. The first-order valence-corrected chi connectivity index (χ1v) is 19.0. The third-order valence-electron chi connectivity index (χ3n) is 11.0. The van der Waals surface area contributed by atoms with Gasteiger partial charge < -0.3 is 4.57 Å². The normalized spacial score (nSPS) is 11.6. The van der Waals surface area contributed by atoms with Gasteiger partial charge in [0.1, 0.15) is 5.65 Å². The summed E-state index contributed by atoms with van der Waals surface area (Å²) >= 11 is 0. The lowest BCUT2D eigenvalue weighted by molar-refractivity contribution is 1.14. The first-order chi connectivity index (χ1) is 27.8. The van der Waals surface area contributed by atoms with Gasteiger partial charge in [0.2, 0.25) is 0 Å². The van der Waals surface area contributed by atoms with Crippen LogP contribution in [-0.4, -0.2) is 19.1 Å². The van der Waals surface area contributed by atoms with Gasteiger partial charge in [-0.05, 0) is 83.4 Å². The monoisotopic (exact) mass is 714 g/mol. The second-order valence-electron chi connectivity index (χ2n) is 14.3. The largest absolute Gasteiger partial charge is 0.309 e. The summed E-state index contributed by atoms with van der Waals surface area (Å²) in [6.45, 7) is 0. The number of hydrogen-bond acceptors (Lipinski definition) is 2. The Morgan fingerprint density at radius 1 is 0.304 bits per heavy atom. The second-order valence-corrected chi connectivity index (χ2v) is 14.3. The quantitative estimate of drug-likeness (QED) is 0.172. The van der Waals surface area contributed by atoms with Crippen molar-refractivity contribution in [1.29, 1.82) is 0 Å². The average molecular weight is 715 g/mol. The Kier molecular flexibility index (Phi) is 7.46. The summed E-state index contributed by atoms with van der Waals surface area (Å²) in [5, 5.41) is 4.76. The second kappa shape index (κ2) is 13.1. The van der Waals surface area contributed by atoms with Crippen molar-refractivity contribution >= 4 is 43.7 Å². The molecule has 0 radical (unpaired) electrons. The molecule has 0 aliphatic heterocycles. The fourth-order valence-electron chi connectivity index (χ4n) is 8.29. The van der Waals surface area contributed by atoms with Crippen LogP contribution in [0.1, 0.15) is 0 Å². The lowest BCUT2D eigenvalue weighted by Gasteiger charge is -2.12. The molecule has 0 amide bonds. The van der Waals surface area contributed by atoms with Crippen LogP contribution in [0, 0.1) is 0 Å². The predicted octanol–water partition coefficient (Wildman–Crippen LogP) is 13.3. The maximum Gasteiger partial charge on any atom is 0.145 e. The van der Waals surface area contributed by atoms with Crippen molar-refractivity contribution in [3.63, 3.8) is 0 Å². The molecule has 0 saturated heterocycles. The van der Waals surface area contributed by atoms with Crippen molar-refractivity contribution in [2.75, 3.05) is 0 Å². The number of benzene rings is 7. The summed E-state index contributed by atoms with van der Waals surface area (Å²) < 4.78 is 4.63. The summed E-state index contributed by atoms with van der Waals surface area (Å²) in [5.41, 5.74) is 15.2. The highest BCUT2D eigenvalue weighted by molar-refractivity contribution is 6.12. The molecule has 0 atom stereocenters. The van der Waals surface area contributed by atoms with Crippen LogP contribution < -0.4 is 0 Å². The molecule has 0 aliphatic carbocycles. The molecule has 0 bridgehead atoms. The molecule has 0 saturated carbocycles. The zero-order valence-electron chi connectivity index (χ0n) is 30.4. The Hall–Kier alpha value is -7.56. The van der Waals surface area contributed by atoms with Gasteiger partial charge in [-0.2, -0.15) is 0 Å². The molecule has 11 aromatic rings. The minimum absolute atomic E-state index is 0.931. The number of nitrogens with zero attached hydrogens (tertiary/aromatic N) is 4. The highest BCUT2D eigenvalue weighted by Crippen LogP contribution is 2.38. The van der Waals surface area contributed by atoms with E-state index in [9.17, 15) is 0 Å². The van der Waals surface area contributed by atoms with Gasteiger partial charge >= 0.3 is 0 Å². The minimum Gasteiger partial charge on any atom is -0.309 e. The van der Waals surface area contributed by atoms with Crippen molar-refractivity contribution in [1.82, 2.24) is 19.1 Å². The standard InChI is InChI=1S/C52H34N4/c1-4-14-35(15-5-1)39-32-47(36-16-6-2-7-17-36)54-48(33-39)37-24-27-42(28-25-37)56-50-23-13-11-21-44(50)46-31-40(34-53-52(46)56)38-26-29-51-45(30-38)43-20-10-12-22-49(43)55(51)41-18-8-3-9-19-41/h1-34H. The van der Waals surface area contributed by atoms with Crippen LogP contribution in [0.3, 0.4) is 0 Å². The number of hydrogen-bond donors (Lipinski definition) is 0. The van der Waals surface area contributed by atoms with E-state index < -0.39 is 0 Å². The smallest absolute Gasteiger partial charge is 0.145 e. The van der Waals surface area contributed by atoms with Gasteiger partial charge in [-0.15, -0.1) is 0 Å². The van der Waals surface area contributed by atoms with E-state index in [2.05, 4.69) is 203 Å². The number of rotatable bonds is 6. The summed E-state index contributed by atoms with van der Waals surface area (Å²) in [7, 11) is 0. The molecule has 262 valence electrons. The Morgan fingerprint density at radius 3 is 1.50 bits per heavy atom. The molecule has 0 aliphatic rings. The van der Waals surface area contributed by atoms with Crippen molar-refractivity contribution in [3.8, 4) is 56.1 Å². The van der Waals surface area contributed by atoms with E-state index in [1.165, 1.54) is 32.8 Å². The molecule has 4 heteroatoms. The maximum atomic E-state index is 5.18. The van der Waals surface area contributed by atoms with Crippen molar-refractivity contribution in [2.24, 2.45) is 0 Å². The highest BCUT2D eigenvalue weighted by Gasteiger charge is 2.17. The Morgan fingerprint density at radius 2 is 0.804 bits per heavy atom. The molecule has 0 N–H and O–H groups in total. The van der Waals surface area contributed by atoms with Crippen LogP contribution in [0.4, 0.5) is 0 Å². The lowest BCUT2D eigenvalue weighted by atomic mass is 10.00. The molecule has 7 aromatic carbocycles. The van der Waals surface area contributed by atoms with Gasteiger partial charge in [0.25, 0.3) is 0 Å². The van der Waals surface area contributed by atoms with Gasteiger partial charge in [-0.25, -0.2) is 9.97 Å². The van der Waals surface area contributed by atoms with E-state index in [0.29, 0.717) is 0 Å². The molecule has 0 fully saturated rings. The zero-order chi connectivity index (χ0) is 37.0. The van der Waals surface area contributed by atoms with Gasteiger partial charge in [0.15, 0.2) is 0 Å². The number of para-hydroxylation sites is 3. The summed E-state index contributed by atoms with van der Waals surface area (Å²) in [6.07, 6.45) is 2.02. The van der Waals surface area contributed by atoms with Crippen LogP contribution in [0.25, 0.3) is 99.9 Å². The van der Waals surface area contributed by atoms with E-state index in [1.54, 1.807) is 0 Å². The van der Waals surface area contributed by atoms with Crippen molar-refractivity contribution in [3.05, 3.63) is 206 Å². The molecule has 0 unspecified atom stereocenters. The Bertz CT molecular complexity index is 3160. The lowest BCUT2D eigenvalue weighted by Crippen LogP contribution is -1.96. The average Bonchev–Trinajstić information content (AvgIpc) is 3.79. The summed E-state index contributed by atoms with van der Waals surface area (Å²) in [4.78, 5) is 10.3. The van der Waals surface area contributed by atoms with Crippen molar-refractivity contribution in [2.45, 2.75) is 0 Å². The Balaban J connectivity index is 1.01. The minimum atomic E-state index is 0.931. The van der Waals surface area contributed by atoms with Crippen LogP contribution in [0.2, 0.25) is 0 Å². The first-order valence-electron chi connectivity index (χ1n) is 19.0. The highest BCUT2D eigenvalue weighted by atomic mass is 15.0. The van der Waals surface area contributed by atoms with E-state index in [4.69, 9.17) is 9.97 Å². The molecular formula is C52H34N4. The molecule has 4 heterocycles. The van der Waals surface area contributed by atoms with E-state index in [1.807, 2.05) is 12.3 Å². The van der Waals surface area contributed by atoms with Gasteiger partial charge in [-0.1, -0.05) is 133 Å². The third kappa shape index (κ3) is 5.31. The van der Waals surface area contributed by atoms with Gasteiger partial charge in [-0.3, -0.25) is 4.57 Å². The molecule has 56 heavy (non-hydrogen) atoms.